The van der Waals surface area contributed by atoms with Crippen LogP contribution in [0, 0.1) is 17.0 Å². The Balaban J connectivity index is 2.82. The molecular weight excluding hydrogens is 298 g/mol. The van der Waals surface area contributed by atoms with Gasteiger partial charge in [-0.15, -0.1) is 0 Å². The molecule has 0 amide bonds. The molecule has 0 bridgehead atoms. The van der Waals surface area contributed by atoms with Gasteiger partial charge in [-0.1, -0.05) is 13.8 Å². The Labute approximate surface area is 108 Å². The fourth-order valence-corrected chi connectivity index (χ4v) is 1.59. The molecule has 0 aliphatic carbocycles. The lowest BCUT2D eigenvalue weighted by Crippen LogP contribution is -2.23. The van der Waals surface area contributed by atoms with Gasteiger partial charge in [0.25, 0.3) is 0 Å². The van der Waals surface area contributed by atoms with Gasteiger partial charge in [0, 0.05) is 11.5 Å². The number of thiol groups is 1. The normalized spacial score (nSPS) is 11.6. The second-order valence-electron chi connectivity index (χ2n) is 4.31. The third-order valence-electron chi connectivity index (χ3n) is 2.00. The van der Waals surface area contributed by atoms with Crippen LogP contribution in [0.5, 0.6) is 5.75 Å². The van der Waals surface area contributed by atoms with Crippen LogP contribution in [0.15, 0.2) is 16.6 Å². The third kappa shape index (κ3) is 3.63. The zero-order chi connectivity index (χ0) is 12.3. The standard InChI is InChI=1S/C11H13BrF2OS/c1-11(2,6-16)5-15-10-8(12)3-7(13)4-9(10)14/h3-4,16H,5-6H2,1-2H3. The van der Waals surface area contributed by atoms with Crippen LogP contribution in [0.2, 0.25) is 0 Å². The summed E-state index contributed by atoms with van der Waals surface area (Å²) in [5.74, 6) is -0.684. The van der Waals surface area contributed by atoms with Crippen molar-refractivity contribution in [3.8, 4) is 5.75 Å². The fraction of sp³-hybridized carbons (Fsp3) is 0.455. The summed E-state index contributed by atoms with van der Waals surface area (Å²) in [4.78, 5) is 0. The first-order chi connectivity index (χ1) is 7.35. The van der Waals surface area contributed by atoms with Gasteiger partial charge in [0.05, 0.1) is 11.1 Å². The molecule has 0 N–H and O–H groups in total. The van der Waals surface area contributed by atoms with E-state index in [2.05, 4.69) is 28.6 Å². The quantitative estimate of drug-likeness (QED) is 0.825. The van der Waals surface area contributed by atoms with E-state index in [0.717, 1.165) is 6.07 Å². The third-order valence-corrected chi connectivity index (χ3v) is 3.44. The van der Waals surface area contributed by atoms with Crippen LogP contribution in [0.3, 0.4) is 0 Å². The van der Waals surface area contributed by atoms with Gasteiger partial charge in [0.1, 0.15) is 5.82 Å². The average molecular weight is 311 g/mol. The van der Waals surface area contributed by atoms with Crippen LogP contribution in [0.1, 0.15) is 13.8 Å². The first-order valence-electron chi connectivity index (χ1n) is 4.74. The number of benzene rings is 1. The van der Waals surface area contributed by atoms with E-state index in [1.54, 1.807) is 0 Å². The van der Waals surface area contributed by atoms with Crippen LogP contribution in [-0.2, 0) is 0 Å². The molecular formula is C11H13BrF2OS. The molecule has 5 heteroatoms. The van der Waals surface area contributed by atoms with Gasteiger partial charge in [-0.05, 0) is 27.7 Å². The predicted molar refractivity (Wildman–Crippen MR) is 67.2 cm³/mol. The van der Waals surface area contributed by atoms with Gasteiger partial charge < -0.3 is 4.74 Å². The molecule has 0 unspecified atom stereocenters. The Bertz CT molecular complexity index is 359. The predicted octanol–water partition coefficient (Wildman–Crippen LogP) is 4.06. The number of hydrogen-bond acceptors (Lipinski definition) is 2. The lowest BCUT2D eigenvalue weighted by atomic mass is 9.98. The lowest BCUT2D eigenvalue weighted by molar-refractivity contribution is 0.194. The maximum atomic E-state index is 13.4. The molecule has 1 rings (SSSR count). The summed E-state index contributed by atoms with van der Waals surface area (Å²) in [5, 5.41) is 0. The maximum Gasteiger partial charge on any atom is 0.169 e. The van der Waals surface area contributed by atoms with Crippen LogP contribution in [0.4, 0.5) is 8.78 Å². The van der Waals surface area contributed by atoms with Crippen molar-refractivity contribution in [2.24, 2.45) is 5.41 Å². The van der Waals surface area contributed by atoms with Gasteiger partial charge in [0.15, 0.2) is 11.6 Å². The minimum absolute atomic E-state index is 0.0382. The molecule has 0 saturated heterocycles. The highest BCUT2D eigenvalue weighted by Crippen LogP contribution is 2.30. The molecule has 90 valence electrons. The second-order valence-corrected chi connectivity index (χ2v) is 5.48. The van der Waals surface area contributed by atoms with Crippen molar-refractivity contribution in [3.05, 3.63) is 28.2 Å². The van der Waals surface area contributed by atoms with Crippen molar-refractivity contribution in [2.45, 2.75) is 13.8 Å². The summed E-state index contributed by atoms with van der Waals surface area (Å²) >= 11 is 7.23. The molecule has 0 spiro atoms. The molecule has 0 aromatic heterocycles. The van der Waals surface area contributed by atoms with E-state index in [-0.39, 0.29) is 15.6 Å². The van der Waals surface area contributed by atoms with Crippen LogP contribution in [0.25, 0.3) is 0 Å². The van der Waals surface area contributed by atoms with Gasteiger partial charge in [-0.2, -0.15) is 12.6 Å². The second kappa shape index (κ2) is 5.36. The van der Waals surface area contributed by atoms with Crippen molar-refractivity contribution in [2.75, 3.05) is 12.4 Å². The van der Waals surface area contributed by atoms with Gasteiger partial charge >= 0.3 is 0 Å². The Kier molecular flexibility index (Phi) is 4.62. The molecule has 0 aliphatic heterocycles. The molecule has 0 saturated carbocycles. The molecule has 16 heavy (non-hydrogen) atoms. The van der Waals surface area contributed by atoms with Crippen molar-refractivity contribution in [1.29, 1.82) is 0 Å². The SMILES string of the molecule is CC(C)(CS)COc1c(F)cc(F)cc1Br. The van der Waals surface area contributed by atoms with Crippen LogP contribution >= 0.6 is 28.6 Å². The fourth-order valence-electron chi connectivity index (χ4n) is 0.980. The Morgan fingerprint density at radius 2 is 2.00 bits per heavy atom. The van der Waals surface area contributed by atoms with E-state index in [0.29, 0.717) is 12.4 Å². The van der Waals surface area contributed by atoms with Gasteiger partial charge in [0.2, 0.25) is 0 Å². The lowest BCUT2D eigenvalue weighted by Gasteiger charge is -2.22. The molecule has 1 aromatic carbocycles. The molecule has 0 fully saturated rings. The summed E-state index contributed by atoms with van der Waals surface area (Å²) < 4.78 is 31.8. The van der Waals surface area contributed by atoms with Crippen LogP contribution < -0.4 is 4.74 Å². The van der Waals surface area contributed by atoms with E-state index >= 15 is 0 Å². The van der Waals surface area contributed by atoms with Crippen molar-refractivity contribution in [3.63, 3.8) is 0 Å². The molecule has 0 atom stereocenters. The van der Waals surface area contributed by atoms with Crippen molar-refractivity contribution < 1.29 is 13.5 Å². The zero-order valence-corrected chi connectivity index (χ0v) is 11.5. The number of halogens is 3. The van der Waals surface area contributed by atoms with Crippen molar-refractivity contribution in [1.82, 2.24) is 0 Å². The highest BCUT2D eigenvalue weighted by atomic mass is 79.9. The molecule has 0 heterocycles. The summed E-state index contributed by atoms with van der Waals surface area (Å²) in [6, 6.07) is 1.97. The smallest absolute Gasteiger partial charge is 0.169 e. The maximum absolute atomic E-state index is 13.4. The highest BCUT2D eigenvalue weighted by molar-refractivity contribution is 9.10. The Morgan fingerprint density at radius 1 is 1.38 bits per heavy atom. The van der Waals surface area contributed by atoms with Crippen molar-refractivity contribution >= 4 is 28.6 Å². The summed E-state index contributed by atoms with van der Waals surface area (Å²) in [5.41, 5.74) is -0.163. The van der Waals surface area contributed by atoms with E-state index in [1.165, 1.54) is 6.07 Å². The number of hydrogen-bond donors (Lipinski definition) is 1. The molecule has 0 aliphatic rings. The number of rotatable bonds is 4. The first-order valence-corrected chi connectivity index (χ1v) is 6.16. The summed E-state index contributed by atoms with van der Waals surface area (Å²) in [6.07, 6.45) is 0. The Hall–Kier alpha value is -0.290. The first kappa shape index (κ1) is 13.8. The largest absolute Gasteiger partial charge is 0.489 e. The van der Waals surface area contributed by atoms with Gasteiger partial charge in [-0.3, -0.25) is 0 Å². The van der Waals surface area contributed by atoms with E-state index < -0.39 is 11.6 Å². The zero-order valence-electron chi connectivity index (χ0n) is 9.06. The van der Waals surface area contributed by atoms with Crippen LogP contribution in [-0.4, -0.2) is 12.4 Å². The molecule has 0 radical (unpaired) electrons. The topological polar surface area (TPSA) is 9.23 Å². The molecule has 1 aromatic rings. The van der Waals surface area contributed by atoms with E-state index in [9.17, 15) is 8.78 Å². The van der Waals surface area contributed by atoms with E-state index in [1.807, 2.05) is 13.8 Å². The summed E-state index contributed by atoms with van der Waals surface area (Å²) in [7, 11) is 0. The monoisotopic (exact) mass is 310 g/mol. The minimum atomic E-state index is -0.707. The highest BCUT2D eigenvalue weighted by Gasteiger charge is 2.19. The average Bonchev–Trinajstić information content (AvgIpc) is 2.16. The minimum Gasteiger partial charge on any atom is -0.489 e. The van der Waals surface area contributed by atoms with E-state index in [4.69, 9.17) is 4.74 Å². The summed E-state index contributed by atoms with van der Waals surface area (Å²) in [6.45, 7) is 4.22. The Morgan fingerprint density at radius 3 is 2.50 bits per heavy atom. The molecule has 1 nitrogen and oxygen atoms in total. The van der Waals surface area contributed by atoms with Gasteiger partial charge in [-0.25, -0.2) is 8.78 Å². The number of ether oxygens (including phenoxy) is 1.